The summed E-state index contributed by atoms with van der Waals surface area (Å²) >= 11 is 6.43. The van der Waals surface area contributed by atoms with Crippen LogP contribution in [-0.4, -0.2) is 16.3 Å². The van der Waals surface area contributed by atoms with Crippen LogP contribution in [0.2, 0.25) is 5.02 Å². The van der Waals surface area contributed by atoms with Crippen molar-refractivity contribution in [3.05, 3.63) is 39.6 Å². The standard InChI is InChI=1S/C16H24ClN3O/c1-7-18-15(14-10(4)11(5)21-12(14)6)16-13(17)8-19-20(16)9(2)3/h8-9,15,18H,7H2,1-6H3. The van der Waals surface area contributed by atoms with Crippen molar-refractivity contribution in [2.45, 2.75) is 53.6 Å². The second kappa shape index (κ2) is 6.24. The predicted octanol–water partition coefficient (Wildman–Crippen LogP) is 4.33. The fraction of sp³-hybridized carbons (Fsp3) is 0.562. The largest absolute Gasteiger partial charge is 0.466 e. The Bertz CT molecular complexity index is 628. The number of aromatic nitrogens is 2. The van der Waals surface area contributed by atoms with Crippen molar-refractivity contribution >= 4 is 11.6 Å². The van der Waals surface area contributed by atoms with E-state index in [-0.39, 0.29) is 12.1 Å². The van der Waals surface area contributed by atoms with E-state index in [1.807, 2.05) is 18.5 Å². The van der Waals surface area contributed by atoms with Crippen LogP contribution >= 0.6 is 11.6 Å². The van der Waals surface area contributed by atoms with Crippen molar-refractivity contribution in [1.82, 2.24) is 15.1 Å². The van der Waals surface area contributed by atoms with E-state index in [0.29, 0.717) is 5.02 Å². The average molecular weight is 310 g/mol. The minimum absolute atomic E-state index is 0.00940. The maximum absolute atomic E-state index is 6.43. The molecule has 0 saturated carbocycles. The summed E-state index contributed by atoms with van der Waals surface area (Å²) in [6, 6.07) is 0.243. The van der Waals surface area contributed by atoms with E-state index in [0.717, 1.165) is 23.8 Å². The van der Waals surface area contributed by atoms with E-state index < -0.39 is 0 Å². The van der Waals surface area contributed by atoms with Crippen LogP contribution < -0.4 is 5.32 Å². The average Bonchev–Trinajstić information content (AvgIpc) is 2.90. The molecule has 21 heavy (non-hydrogen) atoms. The van der Waals surface area contributed by atoms with Crippen molar-refractivity contribution < 1.29 is 4.42 Å². The van der Waals surface area contributed by atoms with Crippen LogP contribution in [0.4, 0.5) is 0 Å². The Morgan fingerprint density at radius 3 is 2.43 bits per heavy atom. The second-order valence-corrected chi connectivity index (χ2v) is 6.07. The minimum Gasteiger partial charge on any atom is -0.466 e. The van der Waals surface area contributed by atoms with Gasteiger partial charge in [0, 0.05) is 11.6 Å². The molecule has 0 fully saturated rings. The lowest BCUT2D eigenvalue weighted by Gasteiger charge is -2.22. The highest BCUT2D eigenvalue weighted by Crippen LogP contribution is 2.35. The number of hydrogen-bond donors (Lipinski definition) is 1. The van der Waals surface area contributed by atoms with E-state index in [9.17, 15) is 0 Å². The first kappa shape index (κ1) is 16.1. The van der Waals surface area contributed by atoms with Gasteiger partial charge in [-0.1, -0.05) is 18.5 Å². The molecule has 2 rings (SSSR count). The molecule has 0 aliphatic heterocycles. The number of halogens is 1. The SMILES string of the molecule is CCNC(c1c(C)oc(C)c1C)c1c(Cl)cnn1C(C)C. The molecule has 116 valence electrons. The molecule has 2 heterocycles. The summed E-state index contributed by atoms with van der Waals surface area (Å²) in [5.41, 5.74) is 3.34. The van der Waals surface area contributed by atoms with E-state index in [2.05, 4.69) is 38.1 Å². The number of rotatable bonds is 5. The van der Waals surface area contributed by atoms with E-state index in [4.69, 9.17) is 16.0 Å². The van der Waals surface area contributed by atoms with Gasteiger partial charge in [-0.25, -0.2) is 0 Å². The summed E-state index contributed by atoms with van der Waals surface area (Å²) in [7, 11) is 0. The molecule has 0 aromatic carbocycles. The molecular weight excluding hydrogens is 286 g/mol. The first-order valence-corrected chi connectivity index (χ1v) is 7.79. The van der Waals surface area contributed by atoms with Crippen LogP contribution in [0.3, 0.4) is 0 Å². The molecule has 0 aliphatic carbocycles. The third-order valence-corrected chi connectivity index (χ3v) is 4.16. The van der Waals surface area contributed by atoms with Gasteiger partial charge in [0.1, 0.15) is 11.5 Å². The van der Waals surface area contributed by atoms with Crippen LogP contribution in [0.5, 0.6) is 0 Å². The zero-order valence-corrected chi connectivity index (χ0v) is 14.4. The lowest BCUT2D eigenvalue weighted by Crippen LogP contribution is -2.26. The fourth-order valence-electron chi connectivity index (χ4n) is 2.81. The molecular formula is C16H24ClN3O. The molecule has 4 nitrogen and oxygen atoms in total. The van der Waals surface area contributed by atoms with Crippen molar-refractivity contribution in [3.8, 4) is 0 Å². The van der Waals surface area contributed by atoms with Gasteiger partial charge in [0.15, 0.2) is 0 Å². The highest BCUT2D eigenvalue weighted by Gasteiger charge is 2.27. The zero-order valence-electron chi connectivity index (χ0n) is 13.6. The number of aryl methyl sites for hydroxylation is 2. The topological polar surface area (TPSA) is 43.0 Å². The van der Waals surface area contributed by atoms with Crippen molar-refractivity contribution in [2.75, 3.05) is 6.54 Å². The lowest BCUT2D eigenvalue weighted by molar-refractivity contribution is 0.465. The van der Waals surface area contributed by atoms with E-state index >= 15 is 0 Å². The molecule has 0 amide bonds. The van der Waals surface area contributed by atoms with Crippen molar-refractivity contribution in [2.24, 2.45) is 0 Å². The highest BCUT2D eigenvalue weighted by molar-refractivity contribution is 6.31. The summed E-state index contributed by atoms with van der Waals surface area (Å²) in [5, 5.41) is 8.64. The van der Waals surface area contributed by atoms with Gasteiger partial charge in [-0.2, -0.15) is 5.10 Å². The second-order valence-electron chi connectivity index (χ2n) is 5.66. The lowest BCUT2D eigenvalue weighted by atomic mass is 9.99. The maximum atomic E-state index is 6.43. The summed E-state index contributed by atoms with van der Waals surface area (Å²) in [6.45, 7) is 13.2. The maximum Gasteiger partial charge on any atom is 0.106 e. The molecule has 2 aromatic heterocycles. The van der Waals surface area contributed by atoms with Gasteiger partial charge in [-0.3, -0.25) is 4.68 Å². The van der Waals surface area contributed by atoms with Crippen molar-refractivity contribution in [1.29, 1.82) is 0 Å². The van der Waals surface area contributed by atoms with Gasteiger partial charge < -0.3 is 9.73 Å². The molecule has 1 unspecified atom stereocenters. The molecule has 5 heteroatoms. The first-order valence-electron chi connectivity index (χ1n) is 7.41. The summed E-state index contributed by atoms with van der Waals surface area (Å²) in [4.78, 5) is 0. The van der Waals surface area contributed by atoms with Gasteiger partial charge >= 0.3 is 0 Å². The summed E-state index contributed by atoms with van der Waals surface area (Å²) in [6.07, 6.45) is 1.72. The summed E-state index contributed by atoms with van der Waals surface area (Å²) < 4.78 is 7.78. The van der Waals surface area contributed by atoms with Crippen LogP contribution in [0.1, 0.15) is 61.2 Å². The minimum atomic E-state index is -0.00940. The predicted molar refractivity (Wildman–Crippen MR) is 86.1 cm³/mol. The third-order valence-electron chi connectivity index (χ3n) is 3.86. The van der Waals surface area contributed by atoms with Crippen molar-refractivity contribution in [3.63, 3.8) is 0 Å². The van der Waals surface area contributed by atoms with Gasteiger partial charge in [0.25, 0.3) is 0 Å². The molecule has 0 aliphatic rings. The Morgan fingerprint density at radius 2 is 1.95 bits per heavy atom. The number of furan rings is 1. The Morgan fingerprint density at radius 1 is 1.29 bits per heavy atom. The summed E-state index contributed by atoms with van der Waals surface area (Å²) in [5.74, 6) is 1.89. The monoisotopic (exact) mass is 309 g/mol. The first-order chi connectivity index (χ1) is 9.88. The number of nitrogens with zero attached hydrogens (tertiary/aromatic N) is 2. The fourth-order valence-corrected chi connectivity index (χ4v) is 3.05. The van der Waals surface area contributed by atoms with E-state index in [1.165, 1.54) is 11.1 Å². The van der Waals surface area contributed by atoms with Gasteiger partial charge in [0.2, 0.25) is 0 Å². The molecule has 0 radical (unpaired) electrons. The highest BCUT2D eigenvalue weighted by atomic mass is 35.5. The zero-order chi connectivity index (χ0) is 15.7. The molecule has 1 N–H and O–H groups in total. The molecule has 0 bridgehead atoms. The van der Waals surface area contributed by atoms with E-state index in [1.54, 1.807) is 6.20 Å². The normalized spacial score (nSPS) is 13.1. The Hall–Kier alpha value is -1.26. The van der Waals surface area contributed by atoms with Crippen LogP contribution in [0.25, 0.3) is 0 Å². The third kappa shape index (κ3) is 2.87. The Balaban J connectivity index is 2.62. The molecule has 0 spiro atoms. The molecule has 0 saturated heterocycles. The van der Waals surface area contributed by atoms with Gasteiger partial charge in [-0.15, -0.1) is 0 Å². The smallest absolute Gasteiger partial charge is 0.106 e. The van der Waals surface area contributed by atoms with Crippen LogP contribution in [-0.2, 0) is 0 Å². The van der Waals surface area contributed by atoms with Gasteiger partial charge in [-0.05, 0) is 46.7 Å². The molecule has 2 aromatic rings. The Kier molecular flexibility index (Phi) is 4.79. The van der Waals surface area contributed by atoms with Gasteiger partial charge in [0.05, 0.1) is 23.0 Å². The number of nitrogens with one attached hydrogen (secondary N) is 1. The molecule has 1 atom stereocenters. The quantitative estimate of drug-likeness (QED) is 0.893. The van der Waals surface area contributed by atoms with Crippen LogP contribution in [0.15, 0.2) is 10.6 Å². The van der Waals surface area contributed by atoms with Crippen LogP contribution in [0, 0.1) is 20.8 Å². The number of hydrogen-bond acceptors (Lipinski definition) is 3. The Labute approximate surface area is 131 Å².